The fraction of sp³-hybridized carbons (Fsp3) is 0.714. The largest absolute Gasteiger partial charge is 0.375 e. The van der Waals surface area contributed by atoms with Crippen LogP contribution in [0, 0.1) is 6.92 Å². The van der Waals surface area contributed by atoms with Gasteiger partial charge in [0.05, 0.1) is 12.1 Å². The third kappa shape index (κ3) is 4.18. The molecule has 3 N–H and O–H groups in total. The minimum atomic E-state index is 0.0834. The van der Waals surface area contributed by atoms with Crippen LogP contribution in [-0.2, 0) is 11.2 Å². The molecule has 6 heteroatoms. The molecule has 1 aromatic rings. The topological polar surface area (TPSA) is 71.2 Å². The molecule has 20 heavy (non-hydrogen) atoms. The van der Waals surface area contributed by atoms with Crippen LogP contribution in [0.25, 0.3) is 0 Å². The Hall–Kier alpha value is -1.14. The Balaban J connectivity index is 1.83. The van der Waals surface area contributed by atoms with Crippen molar-refractivity contribution in [2.45, 2.75) is 45.6 Å². The van der Waals surface area contributed by atoms with Crippen LogP contribution in [0.4, 0.5) is 5.13 Å². The van der Waals surface area contributed by atoms with E-state index in [1.807, 2.05) is 6.92 Å². The van der Waals surface area contributed by atoms with E-state index in [2.05, 4.69) is 22.1 Å². The molecule has 1 unspecified atom stereocenters. The SMILES string of the molecule is CCCN1CCCC(NC(=O)Cc2sc(N)nc2C)C1. The maximum absolute atomic E-state index is 12.1. The molecule has 1 aromatic heterocycles. The van der Waals surface area contributed by atoms with Gasteiger partial charge in [0.1, 0.15) is 0 Å². The number of nitrogens with one attached hydrogen (secondary N) is 1. The predicted molar refractivity (Wildman–Crippen MR) is 82.9 cm³/mol. The summed E-state index contributed by atoms with van der Waals surface area (Å²) in [4.78, 5) is 19.7. The number of carbonyl (C=O) groups excluding carboxylic acids is 1. The Kier molecular flexibility index (Phi) is 5.37. The first-order valence-corrected chi connectivity index (χ1v) is 8.13. The molecular formula is C14H24N4OS. The van der Waals surface area contributed by atoms with Gasteiger partial charge < -0.3 is 16.0 Å². The number of amides is 1. The summed E-state index contributed by atoms with van der Waals surface area (Å²) in [5.74, 6) is 0.0834. The second-order valence-corrected chi connectivity index (χ2v) is 6.56. The average molecular weight is 296 g/mol. The number of piperidine rings is 1. The summed E-state index contributed by atoms with van der Waals surface area (Å²) in [6, 6.07) is 0.286. The molecule has 2 rings (SSSR count). The zero-order chi connectivity index (χ0) is 14.5. The summed E-state index contributed by atoms with van der Waals surface area (Å²) in [6.45, 7) is 7.35. The van der Waals surface area contributed by atoms with E-state index in [1.54, 1.807) is 0 Å². The molecule has 0 radical (unpaired) electrons. The second-order valence-electron chi connectivity index (χ2n) is 5.44. The number of aryl methyl sites for hydroxylation is 1. The first-order chi connectivity index (χ1) is 9.58. The van der Waals surface area contributed by atoms with E-state index in [0.717, 1.165) is 43.0 Å². The van der Waals surface area contributed by atoms with Crippen molar-refractivity contribution in [2.75, 3.05) is 25.4 Å². The van der Waals surface area contributed by atoms with E-state index in [9.17, 15) is 4.79 Å². The fourth-order valence-electron chi connectivity index (χ4n) is 2.73. The molecule has 0 saturated carbocycles. The Morgan fingerprint density at radius 2 is 2.40 bits per heavy atom. The number of hydrogen-bond acceptors (Lipinski definition) is 5. The first-order valence-electron chi connectivity index (χ1n) is 7.32. The van der Waals surface area contributed by atoms with E-state index in [0.29, 0.717) is 11.6 Å². The molecule has 112 valence electrons. The smallest absolute Gasteiger partial charge is 0.225 e. The van der Waals surface area contributed by atoms with Crippen LogP contribution in [0.15, 0.2) is 0 Å². The number of hydrogen-bond donors (Lipinski definition) is 2. The van der Waals surface area contributed by atoms with Gasteiger partial charge in [-0.05, 0) is 39.3 Å². The minimum absolute atomic E-state index is 0.0834. The number of likely N-dealkylation sites (tertiary alicyclic amines) is 1. The molecule has 0 aromatic carbocycles. The van der Waals surface area contributed by atoms with Gasteiger partial charge in [-0.15, -0.1) is 11.3 Å². The molecule has 5 nitrogen and oxygen atoms in total. The molecule has 1 atom stereocenters. The highest BCUT2D eigenvalue weighted by molar-refractivity contribution is 7.15. The van der Waals surface area contributed by atoms with E-state index in [4.69, 9.17) is 5.73 Å². The number of nitrogens with zero attached hydrogens (tertiary/aromatic N) is 2. The molecule has 1 aliphatic heterocycles. The number of thiazole rings is 1. The summed E-state index contributed by atoms with van der Waals surface area (Å²) in [5.41, 5.74) is 6.53. The van der Waals surface area contributed by atoms with Crippen molar-refractivity contribution in [1.29, 1.82) is 0 Å². The summed E-state index contributed by atoms with van der Waals surface area (Å²) < 4.78 is 0. The van der Waals surface area contributed by atoms with Crippen molar-refractivity contribution in [3.63, 3.8) is 0 Å². The maximum Gasteiger partial charge on any atom is 0.225 e. The zero-order valence-electron chi connectivity index (χ0n) is 12.3. The summed E-state index contributed by atoms with van der Waals surface area (Å²) in [5, 5.41) is 3.69. The molecule has 1 aliphatic rings. The van der Waals surface area contributed by atoms with E-state index >= 15 is 0 Å². The van der Waals surface area contributed by atoms with Gasteiger partial charge in [-0.25, -0.2) is 4.98 Å². The van der Waals surface area contributed by atoms with Crippen molar-refractivity contribution in [2.24, 2.45) is 0 Å². The normalized spacial score (nSPS) is 20.0. The summed E-state index contributed by atoms with van der Waals surface area (Å²) >= 11 is 1.41. The van der Waals surface area contributed by atoms with Gasteiger partial charge in [0.15, 0.2) is 5.13 Å². The van der Waals surface area contributed by atoms with Crippen LogP contribution in [0.1, 0.15) is 36.8 Å². The molecule has 1 amide bonds. The van der Waals surface area contributed by atoms with Crippen molar-refractivity contribution >= 4 is 22.4 Å². The van der Waals surface area contributed by atoms with Crippen LogP contribution >= 0.6 is 11.3 Å². The Labute approximate surface area is 124 Å². The Morgan fingerprint density at radius 1 is 1.60 bits per heavy atom. The molecule has 0 aliphatic carbocycles. The van der Waals surface area contributed by atoms with Crippen LogP contribution in [0.3, 0.4) is 0 Å². The number of nitrogen functional groups attached to an aromatic ring is 1. The number of aromatic nitrogens is 1. The minimum Gasteiger partial charge on any atom is -0.375 e. The first kappa shape index (κ1) is 15.3. The van der Waals surface area contributed by atoms with Gasteiger partial charge in [-0.1, -0.05) is 6.92 Å². The Bertz CT molecular complexity index is 458. The summed E-state index contributed by atoms with van der Waals surface area (Å²) in [7, 11) is 0. The van der Waals surface area contributed by atoms with Crippen LogP contribution in [0.2, 0.25) is 0 Å². The van der Waals surface area contributed by atoms with Gasteiger partial charge in [-0.2, -0.15) is 0 Å². The lowest BCUT2D eigenvalue weighted by molar-refractivity contribution is -0.121. The third-order valence-corrected chi connectivity index (χ3v) is 4.63. The highest BCUT2D eigenvalue weighted by Crippen LogP contribution is 2.20. The van der Waals surface area contributed by atoms with E-state index in [1.165, 1.54) is 17.8 Å². The van der Waals surface area contributed by atoms with E-state index < -0.39 is 0 Å². The number of carbonyl (C=O) groups is 1. The summed E-state index contributed by atoms with van der Waals surface area (Å²) in [6.07, 6.45) is 3.80. The van der Waals surface area contributed by atoms with Gasteiger partial charge in [0.25, 0.3) is 0 Å². The lowest BCUT2D eigenvalue weighted by atomic mass is 10.1. The fourth-order valence-corrected chi connectivity index (χ4v) is 3.56. The molecule has 0 bridgehead atoms. The van der Waals surface area contributed by atoms with Crippen molar-refractivity contribution in [1.82, 2.24) is 15.2 Å². The quantitative estimate of drug-likeness (QED) is 0.865. The van der Waals surface area contributed by atoms with Crippen LogP contribution < -0.4 is 11.1 Å². The van der Waals surface area contributed by atoms with Crippen LogP contribution in [-0.4, -0.2) is 41.5 Å². The van der Waals surface area contributed by atoms with Crippen molar-refractivity contribution in [3.05, 3.63) is 10.6 Å². The Morgan fingerprint density at radius 3 is 3.05 bits per heavy atom. The van der Waals surface area contributed by atoms with Gasteiger partial charge in [0.2, 0.25) is 5.91 Å². The number of anilines is 1. The molecule has 1 saturated heterocycles. The highest BCUT2D eigenvalue weighted by atomic mass is 32.1. The maximum atomic E-state index is 12.1. The van der Waals surface area contributed by atoms with Gasteiger partial charge >= 0.3 is 0 Å². The number of rotatable bonds is 5. The van der Waals surface area contributed by atoms with Gasteiger partial charge in [-0.3, -0.25) is 4.79 Å². The van der Waals surface area contributed by atoms with Crippen molar-refractivity contribution < 1.29 is 4.79 Å². The third-order valence-electron chi connectivity index (χ3n) is 3.64. The standard InChI is InChI=1S/C14H24N4OS/c1-3-6-18-7-4-5-11(9-18)17-13(19)8-12-10(2)16-14(15)20-12/h11H,3-9H2,1-2H3,(H2,15,16)(H,17,19). The van der Waals surface area contributed by atoms with Gasteiger partial charge in [0, 0.05) is 17.5 Å². The predicted octanol–water partition coefficient (Wildman–Crippen LogP) is 1.57. The lowest BCUT2D eigenvalue weighted by Crippen LogP contribution is -2.48. The lowest BCUT2D eigenvalue weighted by Gasteiger charge is -2.32. The van der Waals surface area contributed by atoms with E-state index in [-0.39, 0.29) is 11.9 Å². The highest BCUT2D eigenvalue weighted by Gasteiger charge is 2.21. The molecule has 2 heterocycles. The second kappa shape index (κ2) is 7.04. The monoisotopic (exact) mass is 296 g/mol. The molecule has 1 fully saturated rings. The molecule has 0 spiro atoms. The van der Waals surface area contributed by atoms with Crippen molar-refractivity contribution in [3.8, 4) is 0 Å². The zero-order valence-corrected chi connectivity index (χ0v) is 13.1. The number of nitrogens with two attached hydrogens (primary N) is 1. The molecular weight excluding hydrogens is 272 g/mol. The average Bonchev–Trinajstić information content (AvgIpc) is 2.68. The van der Waals surface area contributed by atoms with Crippen LogP contribution in [0.5, 0.6) is 0 Å².